The van der Waals surface area contributed by atoms with Crippen molar-refractivity contribution in [2.75, 3.05) is 6.61 Å². The Morgan fingerprint density at radius 1 is 1.12 bits per heavy atom. The molecular weight excluding hydrogens is 212 g/mol. The zero-order valence-corrected chi connectivity index (χ0v) is 11.8. The molecule has 0 aromatic rings. The number of rotatable bonds is 7. The van der Waals surface area contributed by atoms with E-state index in [0.29, 0.717) is 24.9 Å². The summed E-state index contributed by atoms with van der Waals surface area (Å²) < 4.78 is 4.93. The van der Waals surface area contributed by atoms with Crippen molar-refractivity contribution in [1.29, 1.82) is 0 Å². The largest absolute Gasteiger partial charge is 0.466 e. The van der Waals surface area contributed by atoms with Crippen LogP contribution >= 0.6 is 0 Å². The number of esters is 1. The van der Waals surface area contributed by atoms with Crippen molar-refractivity contribution in [2.24, 2.45) is 11.8 Å². The van der Waals surface area contributed by atoms with Gasteiger partial charge in [0.1, 0.15) is 0 Å². The lowest BCUT2D eigenvalue weighted by Crippen LogP contribution is -2.04. The van der Waals surface area contributed by atoms with Crippen LogP contribution in [0.15, 0.2) is 23.8 Å². The first-order valence-corrected chi connectivity index (χ1v) is 6.50. The first-order valence-electron chi connectivity index (χ1n) is 6.50. The van der Waals surface area contributed by atoms with Crippen molar-refractivity contribution < 1.29 is 9.53 Å². The Bertz CT molecular complexity index is 273. The standard InChI is InChI=1S/C15H26O2/c1-6-17-15(16)10-9-14(11-13(4)5)8-7-12(2)3/h7-8,11-13H,6,9-10H2,1-5H3/b8-7-,14-11+. The minimum absolute atomic E-state index is 0.111. The van der Waals surface area contributed by atoms with E-state index in [4.69, 9.17) is 4.74 Å². The van der Waals surface area contributed by atoms with E-state index in [1.165, 1.54) is 5.57 Å². The smallest absolute Gasteiger partial charge is 0.306 e. The normalized spacial score (nSPS) is 12.8. The lowest BCUT2D eigenvalue weighted by molar-refractivity contribution is -0.143. The van der Waals surface area contributed by atoms with Crippen molar-refractivity contribution in [1.82, 2.24) is 0 Å². The Kier molecular flexibility index (Phi) is 8.47. The molecule has 0 aliphatic heterocycles. The van der Waals surface area contributed by atoms with Crippen LogP contribution in [0.2, 0.25) is 0 Å². The second kappa shape index (κ2) is 9.03. The topological polar surface area (TPSA) is 26.3 Å². The van der Waals surface area contributed by atoms with E-state index < -0.39 is 0 Å². The molecule has 17 heavy (non-hydrogen) atoms. The maximum absolute atomic E-state index is 11.3. The molecule has 0 saturated carbocycles. The number of ether oxygens (including phenoxy) is 1. The fourth-order valence-corrected chi connectivity index (χ4v) is 1.45. The molecule has 0 heterocycles. The molecule has 0 saturated heterocycles. The summed E-state index contributed by atoms with van der Waals surface area (Å²) in [5.74, 6) is 0.928. The first-order chi connectivity index (χ1) is 7.95. The summed E-state index contributed by atoms with van der Waals surface area (Å²) in [5, 5.41) is 0. The number of hydrogen-bond acceptors (Lipinski definition) is 2. The zero-order valence-electron chi connectivity index (χ0n) is 11.8. The summed E-state index contributed by atoms with van der Waals surface area (Å²) in [7, 11) is 0. The van der Waals surface area contributed by atoms with E-state index >= 15 is 0 Å². The lowest BCUT2D eigenvalue weighted by Gasteiger charge is -2.06. The first kappa shape index (κ1) is 16.0. The number of carbonyl (C=O) groups excluding carboxylic acids is 1. The quantitative estimate of drug-likeness (QED) is 0.492. The second-order valence-electron chi connectivity index (χ2n) is 4.89. The molecule has 0 fully saturated rings. The maximum atomic E-state index is 11.3. The molecule has 0 unspecified atom stereocenters. The van der Waals surface area contributed by atoms with E-state index in [2.05, 4.69) is 45.9 Å². The summed E-state index contributed by atoms with van der Waals surface area (Å²) in [5.41, 5.74) is 1.22. The van der Waals surface area contributed by atoms with Crippen LogP contribution < -0.4 is 0 Å². The van der Waals surface area contributed by atoms with Crippen LogP contribution in [-0.2, 0) is 9.53 Å². The number of hydrogen-bond donors (Lipinski definition) is 0. The Labute approximate surface area is 106 Å². The molecule has 0 aliphatic carbocycles. The zero-order chi connectivity index (χ0) is 13.3. The Hall–Kier alpha value is -1.05. The molecule has 0 aromatic carbocycles. The van der Waals surface area contributed by atoms with Crippen LogP contribution in [0.3, 0.4) is 0 Å². The average molecular weight is 238 g/mol. The molecule has 2 heteroatoms. The van der Waals surface area contributed by atoms with Crippen LogP contribution in [0, 0.1) is 11.8 Å². The lowest BCUT2D eigenvalue weighted by atomic mass is 10.0. The van der Waals surface area contributed by atoms with Gasteiger partial charge in [0, 0.05) is 6.42 Å². The molecule has 0 bridgehead atoms. The SMILES string of the molecule is CCOC(=O)CCC(/C=C\C(C)C)=C/C(C)C. The summed E-state index contributed by atoms with van der Waals surface area (Å²) in [6.45, 7) is 10.9. The van der Waals surface area contributed by atoms with Gasteiger partial charge in [0.15, 0.2) is 0 Å². The van der Waals surface area contributed by atoms with Gasteiger partial charge in [0.25, 0.3) is 0 Å². The predicted octanol–water partition coefficient (Wildman–Crippen LogP) is 4.12. The third kappa shape index (κ3) is 9.86. The van der Waals surface area contributed by atoms with Crippen molar-refractivity contribution in [2.45, 2.75) is 47.5 Å². The molecule has 0 rings (SSSR count). The molecule has 0 radical (unpaired) electrons. The Morgan fingerprint density at radius 2 is 1.76 bits per heavy atom. The van der Waals surface area contributed by atoms with Crippen LogP contribution in [0.1, 0.15) is 47.5 Å². The van der Waals surface area contributed by atoms with Gasteiger partial charge in [0.05, 0.1) is 6.61 Å². The molecule has 0 spiro atoms. The highest BCUT2D eigenvalue weighted by Gasteiger charge is 2.03. The van der Waals surface area contributed by atoms with E-state index in [1.807, 2.05) is 6.92 Å². The van der Waals surface area contributed by atoms with Gasteiger partial charge >= 0.3 is 5.97 Å². The highest BCUT2D eigenvalue weighted by Crippen LogP contribution is 2.13. The van der Waals surface area contributed by atoms with E-state index in [-0.39, 0.29) is 5.97 Å². The highest BCUT2D eigenvalue weighted by molar-refractivity contribution is 5.69. The maximum Gasteiger partial charge on any atom is 0.306 e. The Morgan fingerprint density at radius 3 is 2.24 bits per heavy atom. The molecule has 0 atom stereocenters. The van der Waals surface area contributed by atoms with Crippen molar-refractivity contribution in [3.8, 4) is 0 Å². The summed E-state index contributed by atoms with van der Waals surface area (Å²) >= 11 is 0. The van der Waals surface area contributed by atoms with Gasteiger partial charge in [0.2, 0.25) is 0 Å². The van der Waals surface area contributed by atoms with E-state index in [1.54, 1.807) is 0 Å². The summed E-state index contributed by atoms with van der Waals surface area (Å²) in [4.78, 5) is 11.3. The van der Waals surface area contributed by atoms with Gasteiger partial charge in [-0.3, -0.25) is 4.79 Å². The summed E-state index contributed by atoms with van der Waals surface area (Å²) in [6.07, 6.45) is 7.73. The van der Waals surface area contributed by atoms with Gasteiger partial charge in [-0.2, -0.15) is 0 Å². The predicted molar refractivity (Wildman–Crippen MR) is 72.8 cm³/mol. The summed E-state index contributed by atoms with van der Waals surface area (Å²) in [6, 6.07) is 0. The minimum atomic E-state index is -0.111. The van der Waals surface area contributed by atoms with Gasteiger partial charge < -0.3 is 4.74 Å². The van der Waals surface area contributed by atoms with Crippen LogP contribution in [0.25, 0.3) is 0 Å². The second-order valence-corrected chi connectivity index (χ2v) is 4.89. The van der Waals surface area contributed by atoms with Gasteiger partial charge in [-0.25, -0.2) is 0 Å². The van der Waals surface area contributed by atoms with Crippen molar-refractivity contribution in [3.63, 3.8) is 0 Å². The molecular formula is C15H26O2. The van der Waals surface area contributed by atoms with Gasteiger partial charge in [-0.1, -0.05) is 51.5 Å². The van der Waals surface area contributed by atoms with E-state index in [0.717, 1.165) is 6.42 Å². The fourth-order valence-electron chi connectivity index (χ4n) is 1.45. The van der Waals surface area contributed by atoms with Gasteiger partial charge in [-0.05, 0) is 25.2 Å². The Balaban J connectivity index is 4.36. The molecule has 0 N–H and O–H groups in total. The van der Waals surface area contributed by atoms with Gasteiger partial charge in [-0.15, -0.1) is 0 Å². The van der Waals surface area contributed by atoms with Crippen LogP contribution in [0.4, 0.5) is 0 Å². The fraction of sp³-hybridized carbons (Fsp3) is 0.667. The van der Waals surface area contributed by atoms with Crippen molar-refractivity contribution >= 4 is 5.97 Å². The van der Waals surface area contributed by atoms with Crippen LogP contribution in [0.5, 0.6) is 0 Å². The number of allylic oxidation sites excluding steroid dienone is 4. The molecule has 98 valence electrons. The third-order valence-corrected chi connectivity index (χ3v) is 2.17. The molecule has 0 aliphatic rings. The minimum Gasteiger partial charge on any atom is -0.466 e. The molecule has 2 nitrogen and oxygen atoms in total. The third-order valence-electron chi connectivity index (χ3n) is 2.17. The monoisotopic (exact) mass is 238 g/mol. The van der Waals surface area contributed by atoms with Crippen LogP contribution in [-0.4, -0.2) is 12.6 Å². The van der Waals surface area contributed by atoms with Crippen molar-refractivity contribution in [3.05, 3.63) is 23.8 Å². The molecule has 0 amide bonds. The van der Waals surface area contributed by atoms with E-state index in [9.17, 15) is 4.79 Å². The number of carbonyl (C=O) groups is 1. The average Bonchev–Trinajstić information content (AvgIpc) is 2.21. The molecule has 0 aromatic heterocycles. The highest BCUT2D eigenvalue weighted by atomic mass is 16.5.